The van der Waals surface area contributed by atoms with Gasteiger partial charge in [0.25, 0.3) is 0 Å². The lowest BCUT2D eigenvalue weighted by atomic mass is 10.1. The fraction of sp³-hybridized carbons (Fsp3) is 0.421. The molecular weight excluding hydrogens is 318 g/mol. The number of aromatic nitrogens is 1. The zero-order valence-corrected chi connectivity index (χ0v) is 14.9. The van der Waals surface area contributed by atoms with Crippen molar-refractivity contribution in [2.24, 2.45) is 0 Å². The van der Waals surface area contributed by atoms with Crippen LogP contribution in [0.2, 0.25) is 0 Å². The fourth-order valence-electron chi connectivity index (χ4n) is 2.95. The zero-order chi connectivity index (χ0) is 18.0. The van der Waals surface area contributed by atoms with E-state index in [4.69, 9.17) is 4.74 Å². The molecule has 1 fully saturated rings. The van der Waals surface area contributed by atoms with Gasteiger partial charge in [0, 0.05) is 49.0 Å². The molecule has 0 saturated carbocycles. The van der Waals surface area contributed by atoms with E-state index in [0.717, 1.165) is 22.9 Å². The zero-order valence-electron chi connectivity index (χ0n) is 14.9. The van der Waals surface area contributed by atoms with Crippen molar-refractivity contribution in [1.82, 2.24) is 9.88 Å². The average molecular weight is 341 g/mol. The van der Waals surface area contributed by atoms with Gasteiger partial charge >= 0.3 is 6.09 Å². The highest BCUT2D eigenvalue weighted by molar-refractivity contribution is 5.95. The van der Waals surface area contributed by atoms with Crippen LogP contribution < -0.4 is 4.90 Å². The molecule has 3 rings (SSSR count). The lowest BCUT2D eigenvalue weighted by Crippen LogP contribution is -2.50. The Labute approximate surface area is 147 Å². The molecule has 6 nitrogen and oxygen atoms in total. The van der Waals surface area contributed by atoms with Crippen molar-refractivity contribution in [3.8, 4) is 0 Å². The minimum absolute atomic E-state index is 0.269. The third kappa shape index (κ3) is 3.90. The van der Waals surface area contributed by atoms with Crippen molar-refractivity contribution in [1.29, 1.82) is 0 Å². The Morgan fingerprint density at radius 3 is 2.52 bits per heavy atom. The molecule has 1 aromatic heterocycles. The number of hydrogen-bond acceptors (Lipinski definition) is 5. The Kier molecular flexibility index (Phi) is 4.61. The Bertz CT molecular complexity index is 790. The van der Waals surface area contributed by atoms with Crippen LogP contribution in [0, 0.1) is 0 Å². The summed E-state index contributed by atoms with van der Waals surface area (Å²) in [6.45, 7) is 8.24. The fourth-order valence-corrected chi connectivity index (χ4v) is 2.95. The molecule has 0 bridgehead atoms. The Hall–Kier alpha value is -2.63. The van der Waals surface area contributed by atoms with E-state index in [9.17, 15) is 9.59 Å². The van der Waals surface area contributed by atoms with Gasteiger partial charge in [0.05, 0.1) is 5.52 Å². The van der Waals surface area contributed by atoms with Gasteiger partial charge in [-0.05, 0) is 45.0 Å². The third-order valence-corrected chi connectivity index (χ3v) is 4.15. The number of fused-ring (bicyclic) bond motifs is 1. The number of nitrogens with zero attached hydrogens (tertiary/aromatic N) is 3. The van der Waals surface area contributed by atoms with Crippen molar-refractivity contribution in [3.63, 3.8) is 0 Å². The molecule has 0 spiro atoms. The first kappa shape index (κ1) is 17.2. The van der Waals surface area contributed by atoms with Gasteiger partial charge in [0.1, 0.15) is 11.9 Å². The molecule has 2 heterocycles. The average Bonchev–Trinajstić information content (AvgIpc) is 2.59. The van der Waals surface area contributed by atoms with Crippen molar-refractivity contribution >= 4 is 29.0 Å². The number of ether oxygens (including phenoxy) is 1. The topological polar surface area (TPSA) is 62.7 Å². The molecule has 0 N–H and O–H groups in total. The molecule has 1 saturated heterocycles. The van der Waals surface area contributed by atoms with Gasteiger partial charge in [-0.25, -0.2) is 4.79 Å². The second-order valence-electron chi connectivity index (χ2n) is 7.18. The summed E-state index contributed by atoms with van der Waals surface area (Å²) in [7, 11) is 0. The van der Waals surface area contributed by atoms with Crippen molar-refractivity contribution in [2.45, 2.75) is 26.4 Å². The van der Waals surface area contributed by atoms with Crippen LogP contribution in [0.15, 0.2) is 30.5 Å². The number of pyridine rings is 1. The molecule has 0 unspecified atom stereocenters. The van der Waals surface area contributed by atoms with Crippen LogP contribution in [-0.4, -0.2) is 54.0 Å². The molecule has 132 valence electrons. The summed E-state index contributed by atoms with van der Waals surface area (Å²) in [5, 5.41) is 0.956. The monoisotopic (exact) mass is 341 g/mol. The summed E-state index contributed by atoms with van der Waals surface area (Å²) < 4.78 is 5.44. The second-order valence-corrected chi connectivity index (χ2v) is 7.18. The summed E-state index contributed by atoms with van der Waals surface area (Å²) in [5.41, 5.74) is 2.05. The molecule has 1 amide bonds. The quantitative estimate of drug-likeness (QED) is 0.786. The Morgan fingerprint density at radius 1 is 1.16 bits per heavy atom. The predicted molar refractivity (Wildman–Crippen MR) is 97.2 cm³/mol. The SMILES string of the molecule is CC(C)(C)OC(=O)N1CCN(c2ccnc3ccc(C=O)cc23)CC1. The molecule has 25 heavy (non-hydrogen) atoms. The van der Waals surface area contributed by atoms with Gasteiger partial charge in [-0.15, -0.1) is 0 Å². The number of anilines is 1. The highest BCUT2D eigenvalue weighted by atomic mass is 16.6. The standard InChI is InChI=1S/C19H23N3O3/c1-19(2,3)25-18(24)22-10-8-21(9-11-22)17-6-7-20-16-5-4-14(13-23)12-15(16)17/h4-7,12-13H,8-11H2,1-3H3. The summed E-state index contributed by atoms with van der Waals surface area (Å²) in [6.07, 6.45) is 2.35. The number of amides is 1. The van der Waals surface area contributed by atoms with Crippen LogP contribution in [0.3, 0.4) is 0 Å². The van der Waals surface area contributed by atoms with E-state index in [2.05, 4.69) is 9.88 Å². The lowest BCUT2D eigenvalue weighted by Gasteiger charge is -2.37. The first-order valence-electron chi connectivity index (χ1n) is 8.44. The normalized spacial score (nSPS) is 15.3. The van der Waals surface area contributed by atoms with Gasteiger partial charge in [0.15, 0.2) is 0 Å². The maximum atomic E-state index is 12.2. The number of carbonyl (C=O) groups excluding carboxylic acids is 2. The lowest BCUT2D eigenvalue weighted by molar-refractivity contribution is 0.0240. The Balaban J connectivity index is 1.76. The number of aldehydes is 1. The number of piperazine rings is 1. The van der Waals surface area contributed by atoms with Crippen molar-refractivity contribution in [3.05, 3.63) is 36.0 Å². The third-order valence-electron chi connectivity index (χ3n) is 4.15. The first-order chi connectivity index (χ1) is 11.9. The van der Waals surface area contributed by atoms with E-state index >= 15 is 0 Å². The molecule has 1 aliphatic rings. The van der Waals surface area contributed by atoms with Gasteiger partial charge in [0.2, 0.25) is 0 Å². The summed E-state index contributed by atoms with van der Waals surface area (Å²) in [6, 6.07) is 7.46. The van der Waals surface area contributed by atoms with Gasteiger partial charge < -0.3 is 14.5 Å². The summed E-state index contributed by atoms with van der Waals surface area (Å²) in [5.74, 6) is 0. The van der Waals surface area contributed by atoms with Crippen LogP contribution in [0.1, 0.15) is 31.1 Å². The largest absolute Gasteiger partial charge is 0.444 e. The van der Waals surface area contributed by atoms with Crippen LogP contribution >= 0.6 is 0 Å². The Morgan fingerprint density at radius 2 is 1.88 bits per heavy atom. The molecule has 1 aromatic carbocycles. The molecule has 0 radical (unpaired) electrons. The summed E-state index contributed by atoms with van der Waals surface area (Å²) in [4.78, 5) is 31.6. The maximum Gasteiger partial charge on any atom is 0.410 e. The van der Waals surface area contributed by atoms with E-state index < -0.39 is 5.60 Å². The van der Waals surface area contributed by atoms with Crippen LogP contribution in [0.4, 0.5) is 10.5 Å². The molecule has 2 aromatic rings. The number of hydrogen-bond donors (Lipinski definition) is 0. The summed E-state index contributed by atoms with van der Waals surface area (Å²) >= 11 is 0. The predicted octanol–water partition coefficient (Wildman–Crippen LogP) is 3.10. The molecule has 1 aliphatic heterocycles. The number of carbonyl (C=O) groups is 2. The van der Waals surface area contributed by atoms with Crippen LogP contribution in [0.5, 0.6) is 0 Å². The van der Waals surface area contributed by atoms with Gasteiger partial charge in [-0.2, -0.15) is 0 Å². The van der Waals surface area contributed by atoms with Gasteiger partial charge in [-0.3, -0.25) is 9.78 Å². The van der Waals surface area contributed by atoms with E-state index in [-0.39, 0.29) is 6.09 Å². The second kappa shape index (κ2) is 6.70. The van der Waals surface area contributed by atoms with E-state index in [1.807, 2.05) is 39.0 Å². The van der Waals surface area contributed by atoms with Gasteiger partial charge in [-0.1, -0.05) is 0 Å². The number of rotatable bonds is 2. The molecule has 6 heteroatoms. The van der Waals surface area contributed by atoms with Crippen molar-refractivity contribution < 1.29 is 14.3 Å². The van der Waals surface area contributed by atoms with E-state index in [0.29, 0.717) is 31.7 Å². The van der Waals surface area contributed by atoms with Crippen LogP contribution in [-0.2, 0) is 4.74 Å². The molecular formula is C19H23N3O3. The number of benzene rings is 1. The molecule has 0 atom stereocenters. The highest BCUT2D eigenvalue weighted by Crippen LogP contribution is 2.27. The molecule has 0 aliphatic carbocycles. The smallest absolute Gasteiger partial charge is 0.410 e. The first-order valence-corrected chi connectivity index (χ1v) is 8.44. The minimum atomic E-state index is -0.485. The highest BCUT2D eigenvalue weighted by Gasteiger charge is 2.26. The van der Waals surface area contributed by atoms with E-state index in [1.165, 1.54) is 0 Å². The minimum Gasteiger partial charge on any atom is -0.444 e. The van der Waals surface area contributed by atoms with E-state index in [1.54, 1.807) is 17.2 Å². The van der Waals surface area contributed by atoms with Crippen molar-refractivity contribution in [2.75, 3.05) is 31.1 Å². The maximum absolute atomic E-state index is 12.2. The van der Waals surface area contributed by atoms with Crippen LogP contribution in [0.25, 0.3) is 10.9 Å².